The Kier molecular flexibility index (Phi) is 6.40. The van der Waals surface area contributed by atoms with E-state index in [9.17, 15) is 14.4 Å². The minimum atomic E-state index is -0.926. The van der Waals surface area contributed by atoms with Gasteiger partial charge in [0, 0.05) is 18.4 Å². The third kappa shape index (κ3) is 5.18. The van der Waals surface area contributed by atoms with Gasteiger partial charge in [0.15, 0.2) is 0 Å². The number of ether oxygens (including phenoxy) is 1. The molecule has 1 saturated carbocycles. The van der Waals surface area contributed by atoms with Crippen LogP contribution in [0.3, 0.4) is 0 Å². The van der Waals surface area contributed by atoms with Gasteiger partial charge in [-0.2, -0.15) is 0 Å². The van der Waals surface area contributed by atoms with Crippen molar-refractivity contribution >= 4 is 18.0 Å². The number of alkyl carbamates (subject to hydrolysis) is 1. The second kappa shape index (κ2) is 9.25. The van der Waals surface area contributed by atoms with E-state index < -0.39 is 23.6 Å². The van der Waals surface area contributed by atoms with Crippen LogP contribution in [0, 0.1) is 5.92 Å². The molecule has 0 bridgehead atoms. The first-order valence-electron chi connectivity index (χ1n) is 11.4. The molecule has 2 aromatic carbocycles. The highest BCUT2D eigenvalue weighted by atomic mass is 16.5. The first kappa shape index (κ1) is 22.8. The van der Waals surface area contributed by atoms with Crippen molar-refractivity contribution in [2.24, 2.45) is 5.92 Å². The normalized spacial score (nSPS) is 16.5. The smallest absolute Gasteiger partial charge is 0.407 e. The molecule has 174 valence electrons. The number of aliphatic carboxylic acids is 1. The molecule has 4 rings (SSSR count). The number of nitrogens with one attached hydrogen (secondary N) is 2. The van der Waals surface area contributed by atoms with Gasteiger partial charge in [0.05, 0.1) is 12.0 Å². The molecular weight excluding hydrogens is 420 g/mol. The topological polar surface area (TPSA) is 105 Å². The summed E-state index contributed by atoms with van der Waals surface area (Å²) in [7, 11) is 0. The second-order valence-corrected chi connectivity index (χ2v) is 9.42. The van der Waals surface area contributed by atoms with Crippen molar-refractivity contribution in [3.05, 3.63) is 59.7 Å². The number of benzene rings is 2. The maximum Gasteiger partial charge on any atom is 0.407 e. The fraction of sp³-hybridized carbons (Fsp3) is 0.423. The van der Waals surface area contributed by atoms with E-state index in [0.717, 1.165) is 22.3 Å². The summed E-state index contributed by atoms with van der Waals surface area (Å²) >= 11 is 0. The molecular formula is C26H30N2O5. The average Bonchev–Trinajstić information content (AvgIpc) is 3.43. The average molecular weight is 451 g/mol. The molecule has 2 aliphatic rings. The lowest BCUT2D eigenvalue weighted by atomic mass is 9.98. The molecule has 0 unspecified atom stereocenters. The number of carboxylic acid groups (broad SMARTS) is 1. The highest BCUT2D eigenvalue weighted by Gasteiger charge is 2.46. The number of hydrogen-bond donors (Lipinski definition) is 3. The van der Waals surface area contributed by atoms with Gasteiger partial charge in [-0.3, -0.25) is 9.59 Å². The van der Waals surface area contributed by atoms with Crippen LogP contribution in [-0.2, 0) is 14.3 Å². The van der Waals surface area contributed by atoms with Gasteiger partial charge in [-0.15, -0.1) is 0 Å². The summed E-state index contributed by atoms with van der Waals surface area (Å²) in [5.41, 5.74) is 3.97. The highest BCUT2D eigenvalue weighted by molar-refractivity contribution is 5.81. The van der Waals surface area contributed by atoms with Crippen LogP contribution in [-0.4, -0.2) is 41.3 Å². The van der Waals surface area contributed by atoms with Crippen molar-refractivity contribution in [3.63, 3.8) is 0 Å². The molecule has 3 N–H and O–H groups in total. The van der Waals surface area contributed by atoms with Gasteiger partial charge >= 0.3 is 12.1 Å². The molecule has 1 atom stereocenters. The van der Waals surface area contributed by atoms with Gasteiger partial charge in [0.1, 0.15) is 6.61 Å². The maximum absolute atomic E-state index is 12.6. The Hall–Kier alpha value is -3.35. The van der Waals surface area contributed by atoms with Gasteiger partial charge < -0.3 is 20.5 Å². The Balaban J connectivity index is 1.34. The van der Waals surface area contributed by atoms with E-state index in [4.69, 9.17) is 9.84 Å². The minimum Gasteiger partial charge on any atom is -0.481 e. The van der Waals surface area contributed by atoms with Crippen LogP contribution in [0.15, 0.2) is 48.5 Å². The largest absolute Gasteiger partial charge is 0.481 e. The number of hydrogen-bond acceptors (Lipinski definition) is 4. The predicted molar refractivity (Wildman–Crippen MR) is 124 cm³/mol. The lowest BCUT2D eigenvalue weighted by molar-refractivity contribution is -0.138. The summed E-state index contributed by atoms with van der Waals surface area (Å²) in [4.78, 5) is 36.2. The molecule has 2 amide bonds. The monoisotopic (exact) mass is 450 g/mol. The summed E-state index contributed by atoms with van der Waals surface area (Å²) in [6, 6.07) is 15.9. The highest BCUT2D eigenvalue weighted by Crippen LogP contribution is 2.44. The van der Waals surface area contributed by atoms with E-state index in [1.165, 1.54) is 0 Å². The van der Waals surface area contributed by atoms with Crippen molar-refractivity contribution in [1.82, 2.24) is 10.6 Å². The van der Waals surface area contributed by atoms with Crippen molar-refractivity contribution in [2.45, 2.75) is 57.0 Å². The Morgan fingerprint density at radius 1 is 1.03 bits per heavy atom. The third-order valence-corrected chi connectivity index (χ3v) is 6.60. The molecule has 1 fully saturated rings. The molecule has 0 aromatic heterocycles. The van der Waals surface area contributed by atoms with Crippen molar-refractivity contribution in [1.29, 1.82) is 0 Å². The van der Waals surface area contributed by atoms with E-state index in [0.29, 0.717) is 12.8 Å². The van der Waals surface area contributed by atoms with Crippen molar-refractivity contribution < 1.29 is 24.2 Å². The number of fused-ring (bicyclic) bond motifs is 3. The van der Waals surface area contributed by atoms with E-state index in [1.54, 1.807) is 0 Å². The molecule has 0 spiro atoms. The molecule has 0 radical (unpaired) electrons. The fourth-order valence-electron chi connectivity index (χ4n) is 4.58. The number of carboxylic acids is 1. The van der Waals surface area contributed by atoms with Crippen LogP contribution in [0.5, 0.6) is 0 Å². The van der Waals surface area contributed by atoms with Crippen LogP contribution in [0.2, 0.25) is 0 Å². The quantitative estimate of drug-likeness (QED) is 0.534. The van der Waals surface area contributed by atoms with Crippen LogP contribution < -0.4 is 10.6 Å². The summed E-state index contributed by atoms with van der Waals surface area (Å²) in [5, 5.41) is 14.7. The van der Waals surface area contributed by atoms with Crippen LogP contribution >= 0.6 is 0 Å². The number of rotatable bonds is 9. The standard InChI is InChI=1S/C26H30N2O5/c1-16(2)22(13-23(29)28-26(11-12-26)14-24(30)31)27-25(32)33-15-21-19-9-5-3-7-17(19)18-8-4-6-10-20(18)21/h3-10,16,21-22H,11-15H2,1-2H3,(H,27,32)(H,28,29)(H,30,31)/t22-/m1/s1. The summed E-state index contributed by atoms with van der Waals surface area (Å²) < 4.78 is 5.61. The number of carbonyl (C=O) groups excluding carboxylic acids is 2. The van der Waals surface area contributed by atoms with Crippen molar-refractivity contribution in [2.75, 3.05) is 6.61 Å². The molecule has 2 aromatic rings. The SMILES string of the molecule is CC(C)[C@@H](CC(=O)NC1(CC(=O)O)CC1)NC(=O)OCC1c2ccccc2-c2ccccc21. The fourth-order valence-corrected chi connectivity index (χ4v) is 4.58. The zero-order chi connectivity index (χ0) is 23.6. The lowest BCUT2D eigenvalue weighted by Gasteiger charge is -2.24. The summed E-state index contributed by atoms with van der Waals surface area (Å²) in [5.74, 6) is -1.21. The third-order valence-electron chi connectivity index (χ3n) is 6.60. The molecule has 0 heterocycles. The van der Waals surface area contributed by atoms with E-state index >= 15 is 0 Å². The summed E-state index contributed by atoms with van der Waals surface area (Å²) in [6.45, 7) is 4.05. The Labute approximate surface area is 193 Å². The van der Waals surface area contributed by atoms with Crippen molar-refractivity contribution in [3.8, 4) is 11.1 Å². The van der Waals surface area contributed by atoms with E-state index in [-0.39, 0.29) is 37.2 Å². The van der Waals surface area contributed by atoms with Crippen LogP contribution in [0.4, 0.5) is 4.79 Å². The molecule has 2 aliphatic carbocycles. The predicted octanol–water partition coefficient (Wildman–Crippen LogP) is 4.06. The summed E-state index contributed by atoms with van der Waals surface area (Å²) in [6.07, 6.45) is 0.762. The molecule has 7 nitrogen and oxygen atoms in total. The van der Waals surface area contributed by atoms with Gasteiger partial charge in [0.2, 0.25) is 5.91 Å². The van der Waals surface area contributed by atoms with E-state index in [1.807, 2.05) is 38.1 Å². The van der Waals surface area contributed by atoms with Gasteiger partial charge in [-0.25, -0.2) is 4.79 Å². The van der Waals surface area contributed by atoms with Gasteiger partial charge in [-0.1, -0.05) is 62.4 Å². The molecule has 33 heavy (non-hydrogen) atoms. The maximum atomic E-state index is 12.6. The van der Waals surface area contributed by atoms with E-state index in [2.05, 4.69) is 34.9 Å². The first-order chi connectivity index (χ1) is 15.8. The Morgan fingerprint density at radius 3 is 2.12 bits per heavy atom. The lowest BCUT2D eigenvalue weighted by Crippen LogP contribution is -2.45. The van der Waals surface area contributed by atoms with Gasteiger partial charge in [0.25, 0.3) is 0 Å². The Bertz CT molecular complexity index is 1010. The second-order valence-electron chi connectivity index (χ2n) is 9.42. The zero-order valence-corrected chi connectivity index (χ0v) is 19.0. The zero-order valence-electron chi connectivity index (χ0n) is 19.0. The van der Waals surface area contributed by atoms with Crippen LogP contribution in [0.1, 0.15) is 56.6 Å². The van der Waals surface area contributed by atoms with Gasteiger partial charge in [-0.05, 0) is 41.0 Å². The molecule has 7 heteroatoms. The molecule has 0 saturated heterocycles. The molecule has 0 aliphatic heterocycles. The minimum absolute atomic E-state index is 0.00543. The number of amides is 2. The van der Waals surface area contributed by atoms with Crippen LogP contribution in [0.25, 0.3) is 11.1 Å². The Morgan fingerprint density at radius 2 is 1.61 bits per heavy atom. The first-order valence-corrected chi connectivity index (χ1v) is 11.4. The number of carbonyl (C=O) groups is 3.